The standard InChI is InChI=1S/C26H20BrN3O2S/c1-15-5-4-6-18(11-15)29-24(31)20-13-16-12-17(27)9-10-22(16)32-25(20)30-26-21(14-28)19-7-2-3-8-23(19)33-26/h4-6,9-13H,2-3,7-8H2,1H3,(H,29,31). The predicted molar refractivity (Wildman–Crippen MR) is 134 cm³/mol. The summed E-state index contributed by atoms with van der Waals surface area (Å²) in [5, 5.41) is 14.2. The summed E-state index contributed by atoms with van der Waals surface area (Å²) in [5.41, 5.74) is 4.58. The van der Waals surface area contributed by atoms with Gasteiger partial charge in [0.15, 0.2) is 0 Å². The molecule has 0 atom stereocenters. The van der Waals surface area contributed by atoms with Crippen molar-refractivity contribution in [3.8, 4) is 6.07 Å². The molecule has 7 heteroatoms. The first-order chi connectivity index (χ1) is 16.0. The van der Waals surface area contributed by atoms with Crippen molar-refractivity contribution in [2.75, 3.05) is 5.32 Å². The molecule has 2 aromatic heterocycles. The molecule has 0 bridgehead atoms. The summed E-state index contributed by atoms with van der Waals surface area (Å²) >= 11 is 5.01. The highest BCUT2D eigenvalue weighted by Gasteiger charge is 2.21. The lowest BCUT2D eigenvalue weighted by atomic mass is 9.96. The van der Waals surface area contributed by atoms with E-state index in [4.69, 9.17) is 9.41 Å². The maximum absolute atomic E-state index is 13.3. The van der Waals surface area contributed by atoms with Crippen molar-refractivity contribution >= 4 is 54.8 Å². The summed E-state index contributed by atoms with van der Waals surface area (Å²) in [4.78, 5) is 19.3. The highest BCUT2D eigenvalue weighted by molar-refractivity contribution is 9.10. The number of halogens is 1. The Morgan fingerprint density at radius 3 is 2.85 bits per heavy atom. The zero-order chi connectivity index (χ0) is 22.9. The minimum atomic E-state index is -0.315. The number of nitrogens with one attached hydrogen (secondary N) is 1. The van der Waals surface area contributed by atoms with Crippen LogP contribution in [0.3, 0.4) is 0 Å². The van der Waals surface area contributed by atoms with Crippen LogP contribution in [-0.2, 0) is 12.8 Å². The molecule has 0 radical (unpaired) electrons. The molecule has 0 aliphatic heterocycles. The van der Waals surface area contributed by atoms with Crippen LogP contribution >= 0.6 is 27.3 Å². The Balaban J connectivity index is 1.68. The molecule has 33 heavy (non-hydrogen) atoms. The Morgan fingerprint density at radius 1 is 1.18 bits per heavy atom. The van der Waals surface area contributed by atoms with Crippen molar-refractivity contribution < 1.29 is 9.21 Å². The number of nitrogens with zero attached hydrogens (tertiary/aromatic N) is 2. The van der Waals surface area contributed by atoms with Gasteiger partial charge in [-0.2, -0.15) is 5.26 Å². The molecule has 0 spiro atoms. The zero-order valence-corrected chi connectivity index (χ0v) is 20.3. The van der Waals surface area contributed by atoms with Crippen LogP contribution in [-0.4, -0.2) is 5.91 Å². The van der Waals surface area contributed by atoms with Crippen molar-refractivity contribution in [2.45, 2.75) is 32.6 Å². The van der Waals surface area contributed by atoms with Gasteiger partial charge in [-0.05, 0) is 80.1 Å². The van der Waals surface area contributed by atoms with E-state index in [2.05, 4.69) is 27.3 Å². The number of carbonyl (C=O) groups excluding carboxylic acids is 1. The number of aryl methyl sites for hydroxylation is 2. The van der Waals surface area contributed by atoms with Crippen molar-refractivity contribution in [1.82, 2.24) is 0 Å². The Morgan fingerprint density at radius 2 is 2.03 bits per heavy atom. The third-order valence-corrected chi connectivity index (χ3v) is 7.38. The molecule has 5 nitrogen and oxygen atoms in total. The number of amides is 1. The topological polar surface area (TPSA) is 78.4 Å². The second-order valence-electron chi connectivity index (χ2n) is 8.09. The maximum atomic E-state index is 13.3. The third kappa shape index (κ3) is 4.37. The lowest BCUT2D eigenvalue weighted by Crippen LogP contribution is -2.21. The first-order valence-corrected chi connectivity index (χ1v) is 12.3. The zero-order valence-electron chi connectivity index (χ0n) is 17.9. The molecule has 0 saturated heterocycles. The molecule has 4 aromatic rings. The Bertz CT molecular complexity index is 1510. The largest absolute Gasteiger partial charge is 0.437 e. The molecular weight excluding hydrogens is 498 g/mol. The lowest BCUT2D eigenvalue weighted by molar-refractivity contribution is 0.102. The summed E-state index contributed by atoms with van der Waals surface area (Å²) in [5.74, 6) is -0.315. The molecule has 1 aliphatic carbocycles. The van der Waals surface area contributed by atoms with Gasteiger partial charge in [0.1, 0.15) is 22.2 Å². The molecular formula is C26H20BrN3O2S. The van der Waals surface area contributed by atoms with Crippen LogP contribution in [0.5, 0.6) is 0 Å². The average Bonchev–Trinajstić information content (AvgIpc) is 3.15. The van der Waals surface area contributed by atoms with Crippen LogP contribution in [0.15, 0.2) is 62.4 Å². The Hall–Kier alpha value is -3.21. The van der Waals surface area contributed by atoms with Crippen molar-refractivity contribution in [3.05, 3.63) is 85.7 Å². The maximum Gasteiger partial charge on any atom is 0.261 e. The number of rotatable bonds is 3. The van der Waals surface area contributed by atoms with Gasteiger partial charge >= 0.3 is 0 Å². The third-order valence-electron chi connectivity index (χ3n) is 5.70. The van der Waals surface area contributed by atoms with E-state index in [-0.39, 0.29) is 11.5 Å². The number of thiophene rings is 1. The van der Waals surface area contributed by atoms with Gasteiger partial charge < -0.3 is 9.73 Å². The Labute approximate surface area is 203 Å². The van der Waals surface area contributed by atoms with E-state index in [1.807, 2.05) is 49.4 Å². The first-order valence-electron chi connectivity index (χ1n) is 10.7. The van der Waals surface area contributed by atoms with Gasteiger partial charge in [-0.25, -0.2) is 4.99 Å². The van der Waals surface area contributed by atoms with Gasteiger partial charge in [-0.3, -0.25) is 4.79 Å². The molecule has 1 aliphatic rings. The Kier molecular flexibility index (Phi) is 5.88. The number of nitriles is 1. The van der Waals surface area contributed by atoms with Gasteiger partial charge in [0.2, 0.25) is 5.55 Å². The van der Waals surface area contributed by atoms with E-state index in [0.29, 0.717) is 27.4 Å². The molecule has 2 heterocycles. The van der Waals surface area contributed by atoms with Gasteiger partial charge in [-0.15, -0.1) is 11.3 Å². The lowest BCUT2D eigenvalue weighted by Gasteiger charge is -2.09. The van der Waals surface area contributed by atoms with Gasteiger partial charge in [0, 0.05) is 20.4 Å². The molecule has 0 saturated carbocycles. The van der Waals surface area contributed by atoms with E-state index in [9.17, 15) is 10.1 Å². The summed E-state index contributed by atoms with van der Waals surface area (Å²) in [7, 11) is 0. The van der Waals surface area contributed by atoms with Gasteiger partial charge in [0.25, 0.3) is 5.91 Å². The molecule has 164 valence electrons. The van der Waals surface area contributed by atoms with Crippen LogP contribution in [0.2, 0.25) is 0 Å². The minimum Gasteiger partial charge on any atom is -0.437 e. The SMILES string of the molecule is Cc1cccc(NC(=O)c2cc3cc(Br)ccc3oc2=Nc2sc3c(c2C#N)CCCC3)c1. The van der Waals surface area contributed by atoms with Crippen LogP contribution in [0.4, 0.5) is 10.7 Å². The normalized spacial score (nSPS) is 13.5. The number of benzene rings is 2. The highest BCUT2D eigenvalue weighted by atomic mass is 79.9. The smallest absolute Gasteiger partial charge is 0.261 e. The van der Waals surface area contributed by atoms with Gasteiger partial charge in [0.05, 0.1) is 5.56 Å². The van der Waals surface area contributed by atoms with Gasteiger partial charge in [-0.1, -0.05) is 28.1 Å². The fourth-order valence-corrected chi connectivity index (χ4v) is 5.69. The summed E-state index contributed by atoms with van der Waals surface area (Å²) in [6, 6.07) is 17.4. The average molecular weight is 518 g/mol. The van der Waals surface area contributed by atoms with Crippen molar-refractivity contribution in [2.24, 2.45) is 4.99 Å². The van der Waals surface area contributed by atoms with Crippen LogP contribution in [0, 0.1) is 18.3 Å². The summed E-state index contributed by atoms with van der Waals surface area (Å²) < 4.78 is 7.00. The number of anilines is 1. The van der Waals surface area contributed by atoms with E-state index in [0.717, 1.165) is 46.7 Å². The quantitative estimate of drug-likeness (QED) is 0.324. The van der Waals surface area contributed by atoms with E-state index in [1.165, 1.54) is 16.2 Å². The molecule has 2 aromatic carbocycles. The van der Waals surface area contributed by atoms with Crippen LogP contribution in [0.25, 0.3) is 11.0 Å². The fourth-order valence-electron chi connectivity index (χ4n) is 4.11. The summed E-state index contributed by atoms with van der Waals surface area (Å²) in [6.07, 6.45) is 4.07. The van der Waals surface area contributed by atoms with Crippen LogP contribution in [0.1, 0.15) is 44.8 Å². The monoisotopic (exact) mass is 517 g/mol. The number of fused-ring (bicyclic) bond motifs is 2. The molecule has 0 unspecified atom stereocenters. The fraction of sp³-hybridized carbons (Fsp3) is 0.192. The van der Waals surface area contributed by atoms with Crippen molar-refractivity contribution in [3.63, 3.8) is 0 Å². The van der Waals surface area contributed by atoms with E-state index in [1.54, 1.807) is 6.07 Å². The molecule has 1 amide bonds. The van der Waals surface area contributed by atoms with E-state index >= 15 is 0 Å². The second kappa shape index (κ2) is 8.97. The van der Waals surface area contributed by atoms with E-state index < -0.39 is 0 Å². The molecule has 0 fully saturated rings. The van der Waals surface area contributed by atoms with Crippen LogP contribution < -0.4 is 10.9 Å². The first kappa shape index (κ1) is 21.6. The highest BCUT2D eigenvalue weighted by Crippen LogP contribution is 2.39. The minimum absolute atomic E-state index is 0.199. The molecule has 5 rings (SSSR count). The van der Waals surface area contributed by atoms with Crippen molar-refractivity contribution in [1.29, 1.82) is 5.26 Å². The number of carbonyl (C=O) groups is 1. The predicted octanol–water partition coefficient (Wildman–Crippen LogP) is 6.80. The number of hydrogen-bond acceptors (Lipinski definition) is 5. The molecule has 1 N–H and O–H groups in total. The number of hydrogen-bond donors (Lipinski definition) is 1. The second-order valence-corrected chi connectivity index (χ2v) is 10.1. The summed E-state index contributed by atoms with van der Waals surface area (Å²) in [6.45, 7) is 1.97.